The number of hydrogen-bond acceptors (Lipinski definition) is 4. The summed E-state index contributed by atoms with van der Waals surface area (Å²) in [5.74, 6) is 0. The van der Waals surface area contributed by atoms with Crippen LogP contribution < -0.4 is 5.32 Å². The lowest BCUT2D eigenvalue weighted by molar-refractivity contribution is 0.488. The topological polar surface area (TPSA) is 60.6 Å². The molecule has 0 aliphatic heterocycles. The molecular formula is C12H17ClN6. The van der Waals surface area contributed by atoms with Crippen molar-refractivity contribution in [3.63, 3.8) is 0 Å². The van der Waals surface area contributed by atoms with Crippen LogP contribution in [0.2, 0.25) is 5.02 Å². The van der Waals surface area contributed by atoms with E-state index in [0.717, 1.165) is 31.0 Å². The fourth-order valence-corrected chi connectivity index (χ4v) is 2.03. The van der Waals surface area contributed by atoms with Gasteiger partial charge in [0.15, 0.2) is 0 Å². The summed E-state index contributed by atoms with van der Waals surface area (Å²) in [6.45, 7) is 4.19. The number of aryl methyl sites for hydroxylation is 3. The van der Waals surface area contributed by atoms with E-state index in [1.807, 2.05) is 28.7 Å². The predicted octanol–water partition coefficient (Wildman–Crippen LogP) is 1.39. The highest BCUT2D eigenvalue weighted by Crippen LogP contribution is 2.18. The number of nitrogens with zero attached hydrogens (tertiary/aromatic N) is 5. The first-order chi connectivity index (χ1) is 9.20. The standard InChI is InChI=1S/C12H17ClN6/c1-9-12(13)8-18(16-9)4-5-19-7-11(15-17-19)6-14-10-2-3-10/h7-8,10,14H,2-6H2,1H3. The van der Waals surface area contributed by atoms with Crippen LogP contribution in [0.5, 0.6) is 0 Å². The van der Waals surface area contributed by atoms with Crippen LogP contribution in [0.3, 0.4) is 0 Å². The smallest absolute Gasteiger partial charge is 0.0964 e. The third kappa shape index (κ3) is 3.33. The lowest BCUT2D eigenvalue weighted by Gasteiger charge is -2.00. The molecule has 0 radical (unpaired) electrons. The third-order valence-electron chi connectivity index (χ3n) is 3.18. The quantitative estimate of drug-likeness (QED) is 0.869. The van der Waals surface area contributed by atoms with E-state index in [-0.39, 0.29) is 0 Å². The Kier molecular flexibility index (Phi) is 3.52. The normalized spacial score (nSPS) is 15.1. The first-order valence-corrected chi connectivity index (χ1v) is 6.90. The highest BCUT2D eigenvalue weighted by molar-refractivity contribution is 6.31. The molecule has 2 aromatic heterocycles. The highest BCUT2D eigenvalue weighted by atomic mass is 35.5. The molecule has 1 N–H and O–H groups in total. The van der Waals surface area contributed by atoms with E-state index in [9.17, 15) is 0 Å². The maximum atomic E-state index is 5.97. The Hall–Kier alpha value is -1.40. The first kappa shape index (κ1) is 12.6. The van der Waals surface area contributed by atoms with Crippen molar-refractivity contribution in [1.82, 2.24) is 30.1 Å². The van der Waals surface area contributed by atoms with Crippen LogP contribution in [-0.4, -0.2) is 30.8 Å². The molecule has 2 aromatic rings. The molecule has 0 aromatic carbocycles. The Labute approximate surface area is 116 Å². The Balaban J connectivity index is 1.51. The molecule has 0 amide bonds. The molecule has 1 aliphatic rings. The Bertz CT molecular complexity index is 537. The molecule has 0 saturated heterocycles. The number of aromatic nitrogens is 5. The minimum absolute atomic E-state index is 0.694. The van der Waals surface area contributed by atoms with Gasteiger partial charge in [0, 0.05) is 25.0 Å². The summed E-state index contributed by atoms with van der Waals surface area (Å²) in [4.78, 5) is 0. The Morgan fingerprint density at radius 3 is 2.79 bits per heavy atom. The molecule has 0 bridgehead atoms. The van der Waals surface area contributed by atoms with Gasteiger partial charge >= 0.3 is 0 Å². The highest BCUT2D eigenvalue weighted by Gasteiger charge is 2.20. The van der Waals surface area contributed by atoms with Crippen LogP contribution in [0.1, 0.15) is 24.2 Å². The first-order valence-electron chi connectivity index (χ1n) is 6.52. The minimum atomic E-state index is 0.694. The second-order valence-corrected chi connectivity index (χ2v) is 5.36. The van der Waals surface area contributed by atoms with Crippen molar-refractivity contribution >= 4 is 11.6 Å². The van der Waals surface area contributed by atoms with E-state index in [4.69, 9.17) is 11.6 Å². The van der Waals surface area contributed by atoms with Gasteiger partial charge in [-0.25, -0.2) is 0 Å². The SMILES string of the molecule is Cc1nn(CCn2cc(CNC3CC3)nn2)cc1Cl. The fourth-order valence-electron chi connectivity index (χ4n) is 1.88. The number of rotatable bonds is 6. The van der Waals surface area contributed by atoms with Crippen LogP contribution in [-0.2, 0) is 19.6 Å². The monoisotopic (exact) mass is 280 g/mol. The van der Waals surface area contributed by atoms with E-state index in [1.165, 1.54) is 12.8 Å². The summed E-state index contributed by atoms with van der Waals surface area (Å²) in [5, 5.41) is 16.7. The molecule has 19 heavy (non-hydrogen) atoms. The van der Waals surface area contributed by atoms with Crippen LogP contribution in [0.15, 0.2) is 12.4 Å². The van der Waals surface area contributed by atoms with Crippen molar-refractivity contribution in [2.45, 2.75) is 45.4 Å². The Morgan fingerprint density at radius 2 is 2.11 bits per heavy atom. The van der Waals surface area contributed by atoms with Crippen LogP contribution in [0, 0.1) is 6.92 Å². The van der Waals surface area contributed by atoms with Crippen molar-refractivity contribution in [2.24, 2.45) is 0 Å². The minimum Gasteiger partial charge on any atom is -0.308 e. The maximum absolute atomic E-state index is 5.97. The number of halogens is 1. The summed E-state index contributed by atoms with van der Waals surface area (Å²) in [6.07, 6.45) is 6.39. The average Bonchev–Trinajstić information content (AvgIpc) is 3.02. The van der Waals surface area contributed by atoms with E-state index < -0.39 is 0 Å². The average molecular weight is 281 g/mol. The second kappa shape index (κ2) is 5.30. The summed E-state index contributed by atoms with van der Waals surface area (Å²) in [5.41, 5.74) is 1.84. The van der Waals surface area contributed by atoms with E-state index in [2.05, 4.69) is 20.7 Å². The molecule has 1 aliphatic carbocycles. The molecule has 0 spiro atoms. The van der Waals surface area contributed by atoms with Crippen LogP contribution >= 0.6 is 11.6 Å². The molecular weight excluding hydrogens is 264 g/mol. The lowest BCUT2D eigenvalue weighted by atomic mass is 10.4. The van der Waals surface area contributed by atoms with Gasteiger partial charge in [-0.2, -0.15) is 5.10 Å². The van der Waals surface area contributed by atoms with Gasteiger partial charge in [0.1, 0.15) is 0 Å². The summed E-state index contributed by atoms with van der Waals surface area (Å²) in [6, 6.07) is 0.694. The van der Waals surface area contributed by atoms with Gasteiger partial charge in [-0.05, 0) is 19.8 Å². The van der Waals surface area contributed by atoms with Gasteiger partial charge in [0.2, 0.25) is 0 Å². The molecule has 6 nitrogen and oxygen atoms in total. The van der Waals surface area contributed by atoms with Gasteiger partial charge < -0.3 is 5.32 Å². The van der Waals surface area contributed by atoms with Gasteiger partial charge in [0.25, 0.3) is 0 Å². The number of nitrogens with one attached hydrogen (secondary N) is 1. The van der Waals surface area contributed by atoms with Crippen molar-refractivity contribution in [1.29, 1.82) is 0 Å². The molecule has 1 saturated carbocycles. The van der Waals surface area contributed by atoms with E-state index in [0.29, 0.717) is 11.1 Å². The summed E-state index contributed by atoms with van der Waals surface area (Å²) < 4.78 is 3.68. The zero-order valence-electron chi connectivity index (χ0n) is 10.9. The maximum Gasteiger partial charge on any atom is 0.0964 e. The molecule has 0 unspecified atom stereocenters. The van der Waals surface area contributed by atoms with Crippen LogP contribution in [0.4, 0.5) is 0 Å². The molecule has 1 fully saturated rings. The lowest BCUT2D eigenvalue weighted by Crippen LogP contribution is -2.15. The zero-order valence-corrected chi connectivity index (χ0v) is 11.6. The van der Waals surface area contributed by atoms with Gasteiger partial charge in [-0.3, -0.25) is 9.36 Å². The van der Waals surface area contributed by atoms with Gasteiger partial charge in [-0.1, -0.05) is 16.8 Å². The van der Waals surface area contributed by atoms with Gasteiger partial charge in [-0.15, -0.1) is 5.10 Å². The van der Waals surface area contributed by atoms with E-state index >= 15 is 0 Å². The number of hydrogen-bond donors (Lipinski definition) is 1. The summed E-state index contributed by atoms with van der Waals surface area (Å²) >= 11 is 5.97. The zero-order chi connectivity index (χ0) is 13.2. The largest absolute Gasteiger partial charge is 0.308 e. The fraction of sp³-hybridized carbons (Fsp3) is 0.583. The van der Waals surface area contributed by atoms with Crippen molar-refractivity contribution in [3.05, 3.63) is 28.8 Å². The molecule has 7 heteroatoms. The van der Waals surface area contributed by atoms with Crippen LogP contribution in [0.25, 0.3) is 0 Å². The third-order valence-corrected chi connectivity index (χ3v) is 3.55. The van der Waals surface area contributed by atoms with Crippen molar-refractivity contribution in [3.8, 4) is 0 Å². The second-order valence-electron chi connectivity index (χ2n) is 4.95. The molecule has 0 atom stereocenters. The summed E-state index contributed by atoms with van der Waals surface area (Å²) in [7, 11) is 0. The molecule has 3 rings (SSSR count). The van der Waals surface area contributed by atoms with Crippen molar-refractivity contribution in [2.75, 3.05) is 0 Å². The Morgan fingerprint density at radius 1 is 1.32 bits per heavy atom. The van der Waals surface area contributed by atoms with Crippen molar-refractivity contribution < 1.29 is 0 Å². The van der Waals surface area contributed by atoms with Gasteiger partial charge in [0.05, 0.1) is 29.5 Å². The molecule has 102 valence electrons. The van der Waals surface area contributed by atoms with E-state index in [1.54, 1.807) is 0 Å². The molecule has 2 heterocycles. The predicted molar refractivity (Wildman–Crippen MR) is 71.9 cm³/mol.